The lowest BCUT2D eigenvalue weighted by molar-refractivity contribution is -0.168. The van der Waals surface area contributed by atoms with E-state index in [4.69, 9.17) is 4.74 Å². The Morgan fingerprint density at radius 3 is 2.24 bits per heavy atom. The molecular weight excluding hydrogens is 264 g/mol. The van der Waals surface area contributed by atoms with Crippen LogP contribution in [0.5, 0.6) is 0 Å². The molecule has 2 unspecified atom stereocenters. The van der Waals surface area contributed by atoms with Crippen molar-refractivity contribution >= 4 is 5.97 Å². The number of carbonyl (C=O) groups excluding carboxylic acids is 1. The number of hydrogen-bond donors (Lipinski definition) is 1. The first-order valence-corrected chi connectivity index (χ1v) is 7.98. The van der Waals surface area contributed by atoms with Crippen LogP contribution in [0.4, 0.5) is 0 Å². The van der Waals surface area contributed by atoms with E-state index in [-0.39, 0.29) is 18.5 Å². The first-order valence-electron chi connectivity index (χ1n) is 7.98. The summed E-state index contributed by atoms with van der Waals surface area (Å²) in [6.45, 7) is 13.9. The molecule has 0 aliphatic rings. The Kier molecular flexibility index (Phi) is 8.23. The van der Waals surface area contributed by atoms with E-state index >= 15 is 0 Å². The summed E-state index contributed by atoms with van der Waals surface area (Å²) in [5.41, 5.74) is 0.309. The van der Waals surface area contributed by atoms with Crippen LogP contribution in [-0.2, 0) is 9.53 Å². The maximum atomic E-state index is 12.5. The topological polar surface area (TPSA) is 46.5 Å². The van der Waals surface area contributed by atoms with Crippen LogP contribution in [0.1, 0.15) is 74.1 Å². The number of unbranched alkanes of at least 4 members (excludes halogenated alkanes) is 1. The normalized spacial score (nSPS) is 16.0. The van der Waals surface area contributed by atoms with Crippen LogP contribution in [0.25, 0.3) is 0 Å². The number of esters is 1. The highest BCUT2D eigenvalue weighted by molar-refractivity contribution is 5.76. The lowest BCUT2D eigenvalue weighted by atomic mass is 9.77. The molecule has 0 aromatic heterocycles. The monoisotopic (exact) mass is 298 g/mol. The van der Waals surface area contributed by atoms with Gasteiger partial charge in [0.1, 0.15) is 5.60 Å². The first-order chi connectivity index (χ1) is 9.50. The number of aliphatic hydroxyl groups excluding tert-OH is 1. The van der Waals surface area contributed by atoms with Crippen molar-refractivity contribution in [1.82, 2.24) is 0 Å². The maximum absolute atomic E-state index is 12.5. The third-order valence-corrected chi connectivity index (χ3v) is 3.49. The molecule has 0 aromatic carbocycles. The van der Waals surface area contributed by atoms with Gasteiger partial charge in [-0.05, 0) is 73.1 Å². The molecule has 1 N–H and O–H groups in total. The Morgan fingerprint density at radius 1 is 1.24 bits per heavy atom. The standard InChI is InChI=1S/C18H34O3/c1-14(2)10-8-9-11-18(7,12-15(3)13-19)16(20)21-17(4,5)6/h10,15,19H,8-9,11-13H2,1-7H3. The molecule has 3 nitrogen and oxygen atoms in total. The van der Waals surface area contributed by atoms with Gasteiger partial charge < -0.3 is 9.84 Å². The van der Waals surface area contributed by atoms with E-state index in [1.807, 2.05) is 34.6 Å². The Labute approximate surface area is 130 Å². The number of hydrogen-bond acceptors (Lipinski definition) is 3. The van der Waals surface area contributed by atoms with Crippen molar-refractivity contribution < 1.29 is 14.6 Å². The Morgan fingerprint density at radius 2 is 1.81 bits per heavy atom. The molecule has 0 aliphatic heterocycles. The van der Waals surface area contributed by atoms with Gasteiger partial charge in [0.25, 0.3) is 0 Å². The third kappa shape index (κ3) is 8.92. The fourth-order valence-corrected chi connectivity index (χ4v) is 2.41. The van der Waals surface area contributed by atoms with Gasteiger partial charge >= 0.3 is 5.97 Å². The van der Waals surface area contributed by atoms with E-state index in [1.54, 1.807) is 0 Å². The van der Waals surface area contributed by atoms with Crippen LogP contribution < -0.4 is 0 Å². The molecule has 0 saturated carbocycles. The lowest BCUT2D eigenvalue weighted by Gasteiger charge is -2.33. The Balaban J connectivity index is 4.83. The van der Waals surface area contributed by atoms with Crippen LogP contribution in [0.2, 0.25) is 0 Å². The predicted octanol–water partition coefficient (Wildman–Crippen LogP) is 4.49. The molecule has 3 heteroatoms. The predicted molar refractivity (Wildman–Crippen MR) is 88.1 cm³/mol. The molecule has 0 rings (SSSR count). The number of rotatable bonds is 8. The molecule has 0 amide bonds. The summed E-state index contributed by atoms with van der Waals surface area (Å²) in [6, 6.07) is 0. The minimum absolute atomic E-state index is 0.103. The van der Waals surface area contributed by atoms with Gasteiger partial charge in [-0.1, -0.05) is 18.6 Å². The highest BCUT2D eigenvalue weighted by Crippen LogP contribution is 2.35. The van der Waals surface area contributed by atoms with Crippen molar-refractivity contribution in [2.45, 2.75) is 79.8 Å². The van der Waals surface area contributed by atoms with E-state index in [1.165, 1.54) is 5.57 Å². The highest BCUT2D eigenvalue weighted by atomic mass is 16.6. The number of ether oxygens (including phenoxy) is 1. The van der Waals surface area contributed by atoms with Crippen LogP contribution in [0.15, 0.2) is 11.6 Å². The van der Waals surface area contributed by atoms with Crippen LogP contribution in [-0.4, -0.2) is 23.3 Å². The molecule has 2 atom stereocenters. The minimum Gasteiger partial charge on any atom is -0.460 e. The minimum atomic E-state index is -0.523. The van der Waals surface area contributed by atoms with Gasteiger partial charge in [-0.25, -0.2) is 0 Å². The molecular formula is C18H34O3. The van der Waals surface area contributed by atoms with Crippen molar-refractivity contribution in [2.75, 3.05) is 6.61 Å². The van der Waals surface area contributed by atoms with Crippen LogP contribution in [0, 0.1) is 11.3 Å². The fourth-order valence-electron chi connectivity index (χ4n) is 2.41. The van der Waals surface area contributed by atoms with Gasteiger partial charge in [-0.3, -0.25) is 4.79 Å². The van der Waals surface area contributed by atoms with Gasteiger partial charge in [0.2, 0.25) is 0 Å². The van der Waals surface area contributed by atoms with E-state index in [2.05, 4.69) is 19.9 Å². The summed E-state index contributed by atoms with van der Waals surface area (Å²) in [7, 11) is 0. The maximum Gasteiger partial charge on any atom is 0.312 e. The summed E-state index contributed by atoms with van der Waals surface area (Å²) in [6.07, 6.45) is 5.58. The molecule has 21 heavy (non-hydrogen) atoms. The zero-order valence-corrected chi connectivity index (χ0v) is 15.0. The summed E-state index contributed by atoms with van der Waals surface area (Å²) < 4.78 is 5.59. The molecule has 0 radical (unpaired) electrons. The summed E-state index contributed by atoms with van der Waals surface area (Å²) >= 11 is 0. The third-order valence-electron chi connectivity index (χ3n) is 3.49. The largest absolute Gasteiger partial charge is 0.460 e. The molecule has 0 bridgehead atoms. The number of carbonyl (C=O) groups is 1. The van der Waals surface area contributed by atoms with E-state index in [0.717, 1.165) is 19.3 Å². The summed E-state index contributed by atoms with van der Waals surface area (Å²) in [4.78, 5) is 12.5. The van der Waals surface area contributed by atoms with Gasteiger partial charge in [0, 0.05) is 6.61 Å². The number of aliphatic hydroxyl groups is 1. The second kappa shape index (κ2) is 8.57. The smallest absolute Gasteiger partial charge is 0.312 e. The summed E-state index contributed by atoms with van der Waals surface area (Å²) in [5.74, 6) is -0.0431. The van der Waals surface area contributed by atoms with E-state index in [0.29, 0.717) is 6.42 Å². The SMILES string of the molecule is CC(C)=CCCCC(C)(CC(C)CO)C(=O)OC(C)(C)C. The first kappa shape index (κ1) is 20.2. The van der Waals surface area contributed by atoms with Crippen molar-refractivity contribution in [3.63, 3.8) is 0 Å². The van der Waals surface area contributed by atoms with Gasteiger partial charge in [0.05, 0.1) is 5.41 Å². The van der Waals surface area contributed by atoms with E-state index in [9.17, 15) is 9.90 Å². The van der Waals surface area contributed by atoms with Crippen molar-refractivity contribution in [3.05, 3.63) is 11.6 Å². The molecule has 0 fully saturated rings. The quantitative estimate of drug-likeness (QED) is 0.408. The summed E-state index contributed by atoms with van der Waals surface area (Å²) in [5, 5.41) is 9.30. The molecule has 0 heterocycles. The highest BCUT2D eigenvalue weighted by Gasteiger charge is 2.37. The van der Waals surface area contributed by atoms with Crippen molar-refractivity contribution in [1.29, 1.82) is 0 Å². The van der Waals surface area contributed by atoms with Crippen LogP contribution >= 0.6 is 0 Å². The lowest BCUT2D eigenvalue weighted by Crippen LogP contribution is -2.37. The van der Waals surface area contributed by atoms with Gasteiger partial charge in [-0.2, -0.15) is 0 Å². The molecule has 124 valence electrons. The molecule has 0 aromatic rings. The zero-order chi connectivity index (χ0) is 16.7. The van der Waals surface area contributed by atoms with Crippen LogP contribution in [0.3, 0.4) is 0 Å². The second-order valence-electron chi connectivity index (χ2n) is 7.73. The molecule has 0 saturated heterocycles. The zero-order valence-electron chi connectivity index (χ0n) is 15.0. The second-order valence-corrected chi connectivity index (χ2v) is 7.73. The van der Waals surface area contributed by atoms with Gasteiger partial charge in [0.15, 0.2) is 0 Å². The Bertz CT molecular complexity index is 348. The van der Waals surface area contributed by atoms with Crippen molar-refractivity contribution in [2.24, 2.45) is 11.3 Å². The van der Waals surface area contributed by atoms with E-state index < -0.39 is 11.0 Å². The molecule has 0 spiro atoms. The Hall–Kier alpha value is -0.830. The average Bonchev–Trinajstić information content (AvgIpc) is 2.32. The molecule has 0 aliphatic carbocycles. The number of allylic oxidation sites excluding steroid dienone is 2. The fraction of sp³-hybridized carbons (Fsp3) is 0.833. The van der Waals surface area contributed by atoms with Gasteiger partial charge in [-0.15, -0.1) is 0 Å². The van der Waals surface area contributed by atoms with Crippen molar-refractivity contribution in [3.8, 4) is 0 Å². The average molecular weight is 298 g/mol.